The van der Waals surface area contributed by atoms with E-state index < -0.39 is 38.9 Å². The molecular weight excluding hydrogens is 377 g/mol. The molecule has 0 amide bonds. The number of hydrogen-bond acceptors (Lipinski definition) is 3. The molecule has 2 N–H and O–H groups in total. The van der Waals surface area contributed by atoms with Crippen molar-refractivity contribution in [3.63, 3.8) is 0 Å². The number of halogens is 3. The van der Waals surface area contributed by atoms with Crippen molar-refractivity contribution in [2.45, 2.75) is 65.4 Å². The van der Waals surface area contributed by atoms with Crippen LogP contribution in [0.3, 0.4) is 0 Å². The van der Waals surface area contributed by atoms with Crippen molar-refractivity contribution >= 4 is 11.0 Å². The first-order chi connectivity index (χ1) is 12.1. The van der Waals surface area contributed by atoms with Gasteiger partial charge >= 0.3 is 6.18 Å². The normalized spacial score (nSPS) is 20.5. The van der Waals surface area contributed by atoms with Crippen molar-refractivity contribution in [1.29, 1.82) is 0 Å². The molecule has 0 aromatic heterocycles. The van der Waals surface area contributed by atoms with Gasteiger partial charge in [0.05, 0.1) is 22.3 Å². The molecular formula is C19H35F3N2O2S. The van der Waals surface area contributed by atoms with Gasteiger partial charge in [-0.1, -0.05) is 32.9 Å². The summed E-state index contributed by atoms with van der Waals surface area (Å²) in [5.41, 5.74) is 1.06. The Balaban J connectivity index is 6.25. The maximum Gasteiger partial charge on any atom is 0.412 e. The van der Waals surface area contributed by atoms with Crippen LogP contribution in [0.25, 0.3) is 0 Å². The van der Waals surface area contributed by atoms with Gasteiger partial charge in [0.25, 0.3) is 0 Å². The summed E-state index contributed by atoms with van der Waals surface area (Å²) in [5, 5.41) is 0. The summed E-state index contributed by atoms with van der Waals surface area (Å²) in [4.78, 5) is 5.40. The van der Waals surface area contributed by atoms with Crippen molar-refractivity contribution in [3.8, 4) is 0 Å². The molecule has 27 heavy (non-hydrogen) atoms. The summed E-state index contributed by atoms with van der Waals surface area (Å²) in [7, 11) is 0.0338. The van der Waals surface area contributed by atoms with Crippen molar-refractivity contribution in [3.05, 3.63) is 24.3 Å². The largest absolute Gasteiger partial charge is 0.412 e. The van der Waals surface area contributed by atoms with Gasteiger partial charge in [-0.25, -0.2) is 14.4 Å². The van der Waals surface area contributed by atoms with Gasteiger partial charge in [-0.3, -0.25) is 0 Å². The van der Waals surface area contributed by atoms with E-state index in [1.807, 2.05) is 20.8 Å². The number of alkyl halides is 3. The van der Waals surface area contributed by atoms with E-state index in [2.05, 4.69) is 16.8 Å². The molecule has 160 valence electrons. The number of hydrogen-bond donors (Lipinski definition) is 2. The van der Waals surface area contributed by atoms with Crippen LogP contribution in [0.4, 0.5) is 13.2 Å². The van der Waals surface area contributed by atoms with Crippen LogP contribution in [-0.2, 0) is 15.8 Å². The molecule has 0 fully saturated rings. The molecule has 0 saturated carbocycles. The predicted octanol–water partition coefficient (Wildman–Crippen LogP) is 4.53. The first kappa shape index (κ1) is 26.3. The van der Waals surface area contributed by atoms with Gasteiger partial charge in [0.15, 0.2) is 0 Å². The lowest BCUT2D eigenvalue weighted by atomic mass is 9.68. The van der Waals surface area contributed by atoms with Crippen LogP contribution in [0.5, 0.6) is 0 Å². The van der Waals surface area contributed by atoms with Gasteiger partial charge in [-0.15, -0.1) is 6.58 Å². The highest BCUT2D eigenvalue weighted by Gasteiger charge is 2.43. The smallest absolute Gasteiger partial charge is 0.301 e. The monoisotopic (exact) mass is 412 g/mol. The van der Waals surface area contributed by atoms with Crippen LogP contribution in [-0.4, -0.2) is 34.8 Å². The van der Waals surface area contributed by atoms with Crippen LogP contribution in [0.15, 0.2) is 24.3 Å². The topological polar surface area (TPSA) is 50.4 Å². The van der Waals surface area contributed by atoms with E-state index in [1.54, 1.807) is 33.9 Å². The second kappa shape index (κ2) is 10.2. The van der Waals surface area contributed by atoms with Crippen LogP contribution in [0.1, 0.15) is 48.5 Å². The zero-order valence-corrected chi connectivity index (χ0v) is 18.5. The van der Waals surface area contributed by atoms with Crippen LogP contribution in [0.2, 0.25) is 0 Å². The summed E-state index contributed by atoms with van der Waals surface area (Å²) in [6.45, 7) is 16.0. The van der Waals surface area contributed by atoms with Crippen LogP contribution in [0, 0.1) is 17.3 Å². The number of nitrogens with one attached hydrogen (secondary N) is 2. The first-order valence-corrected chi connectivity index (χ1v) is 10.1. The number of allylic oxidation sites excluding steroid dienone is 2. The lowest BCUT2D eigenvalue weighted by molar-refractivity contribution is -0.0926. The third-order valence-electron chi connectivity index (χ3n) is 5.09. The Bertz CT molecular complexity index is 544. The van der Waals surface area contributed by atoms with Crippen molar-refractivity contribution in [1.82, 2.24) is 10.2 Å². The second-order valence-corrected chi connectivity index (χ2v) is 10.2. The quantitative estimate of drug-likeness (QED) is 0.409. The molecule has 0 aliphatic heterocycles. The highest BCUT2D eigenvalue weighted by Crippen LogP contribution is 2.39. The Hall–Kier alpha value is -0.700. The zero-order chi connectivity index (χ0) is 21.6. The Morgan fingerprint density at radius 1 is 1.22 bits per heavy atom. The average molecular weight is 413 g/mol. The van der Waals surface area contributed by atoms with Crippen LogP contribution < -0.4 is 10.2 Å². The Morgan fingerprint density at radius 3 is 2.11 bits per heavy atom. The van der Waals surface area contributed by atoms with Crippen molar-refractivity contribution in [2.75, 3.05) is 13.7 Å². The SMILES string of the molecule is C=C[C@H](C)[C@@H](C)C(C)(CONC)C(/C=C(\C)C(F)(F)F)NS(=O)C(C)(C)C. The second-order valence-electron chi connectivity index (χ2n) is 8.21. The fourth-order valence-electron chi connectivity index (χ4n) is 2.53. The Kier molecular flexibility index (Phi) is 9.92. The average Bonchev–Trinajstić information content (AvgIpc) is 2.55. The molecule has 0 rings (SSSR count). The molecule has 0 aromatic rings. The van der Waals surface area contributed by atoms with E-state index in [0.29, 0.717) is 0 Å². The van der Waals surface area contributed by atoms with E-state index >= 15 is 0 Å². The summed E-state index contributed by atoms with van der Waals surface area (Å²) >= 11 is 0. The molecule has 0 aliphatic rings. The molecule has 8 heteroatoms. The molecule has 0 heterocycles. The molecule has 0 aromatic carbocycles. The third kappa shape index (κ3) is 7.68. The highest BCUT2D eigenvalue weighted by molar-refractivity contribution is 7.84. The van der Waals surface area contributed by atoms with Crippen molar-refractivity contribution in [2.24, 2.45) is 17.3 Å². The maximum atomic E-state index is 13.2. The van der Waals surface area contributed by atoms with E-state index in [-0.39, 0.29) is 18.4 Å². The van der Waals surface area contributed by atoms with Gasteiger partial charge in [-0.05, 0) is 39.5 Å². The van der Waals surface area contributed by atoms with Crippen molar-refractivity contribution < 1.29 is 22.2 Å². The lowest BCUT2D eigenvalue weighted by Gasteiger charge is -2.43. The maximum absolute atomic E-state index is 13.2. The molecule has 0 radical (unpaired) electrons. The molecule has 0 bridgehead atoms. The van der Waals surface area contributed by atoms with E-state index in [4.69, 9.17) is 4.84 Å². The summed E-state index contributed by atoms with van der Waals surface area (Å²) in [6.07, 6.45) is -1.57. The zero-order valence-electron chi connectivity index (χ0n) is 17.7. The summed E-state index contributed by atoms with van der Waals surface area (Å²) < 4.78 is 54.6. The van der Waals surface area contributed by atoms with E-state index in [1.165, 1.54) is 0 Å². The molecule has 4 nitrogen and oxygen atoms in total. The molecule has 0 saturated heterocycles. The lowest BCUT2D eigenvalue weighted by Crippen LogP contribution is -2.53. The van der Waals surface area contributed by atoms with E-state index in [0.717, 1.165) is 13.0 Å². The predicted molar refractivity (Wildman–Crippen MR) is 106 cm³/mol. The fourth-order valence-corrected chi connectivity index (χ4v) is 3.45. The molecule has 0 spiro atoms. The molecule has 3 unspecified atom stereocenters. The first-order valence-electron chi connectivity index (χ1n) is 8.96. The Labute approximate surface area is 164 Å². The van der Waals surface area contributed by atoms with Gasteiger partial charge in [-0.2, -0.15) is 13.2 Å². The number of rotatable bonds is 10. The summed E-state index contributed by atoms with van der Waals surface area (Å²) in [6, 6.07) is -0.829. The minimum Gasteiger partial charge on any atom is -0.301 e. The number of hydroxylamine groups is 1. The highest BCUT2D eigenvalue weighted by atomic mass is 32.2. The summed E-state index contributed by atoms with van der Waals surface area (Å²) in [5.74, 6) is -0.0856. The minimum atomic E-state index is -4.46. The standard InChI is InChI=1S/C19H35F3N2O2S/c1-10-13(2)15(4)18(8,12-26-23-9)16(11-14(3)19(20,21)22)24-27(25)17(5,6)7/h10-11,13,15-16,23-24H,1,12H2,2-9H3/b14-11+/t13-,15+,16?,18?,27?/m0/s1. The Morgan fingerprint density at radius 2 is 1.74 bits per heavy atom. The molecule has 5 atom stereocenters. The fraction of sp³-hybridized carbons (Fsp3) is 0.789. The minimum absolute atomic E-state index is 0.0161. The van der Waals surface area contributed by atoms with Gasteiger partial charge in [0, 0.05) is 24.1 Å². The molecule has 0 aliphatic carbocycles. The van der Waals surface area contributed by atoms with E-state index in [9.17, 15) is 17.4 Å². The van der Waals surface area contributed by atoms with Crippen LogP contribution >= 0.6 is 0 Å². The van der Waals surface area contributed by atoms with Gasteiger partial charge in [0.2, 0.25) is 0 Å². The van der Waals surface area contributed by atoms with Gasteiger partial charge in [0.1, 0.15) is 0 Å². The third-order valence-corrected chi connectivity index (χ3v) is 6.67. The van der Waals surface area contributed by atoms with Gasteiger partial charge < -0.3 is 4.84 Å².